The molecule has 2 aliphatic rings. The number of anilines is 1. The van der Waals surface area contributed by atoms with E-state index in [9.17, 15) is 10.4 Å². The van der Waals surface area contributed by atoms with Crippen molar-refractivity contribution in [3.8, 4) is 11.8 Å². The second-order valence-electron chi connectivity index (χ2n) is 9.03. The molecule has 158 valence electrons. The Labute approximate surface area is 182 Å². The summed E-state index contributed by atoms with van der Waals surface area (Å²) in [5.74, 6) is 1.01. The molecular weight excluding hydrogens is 388 g/mol. The summed E-state index contributed by atoms with van der Waals surface area (Å²) in [6.45, 7) is 6.45. The van der Waals surface area contributed by atoms with E-state index >= 15 is 0 Å². The van der Waals surface area contributed by atoms with E-state index in [1.165, 1.54) is 5.56 Å². The number of aromatic nitrogens is 1. The van der Waals surface area contributed by atoms with Gasteiger partial charge in [0.05, 0.1) is 23.9 Å². The first kappa shape index (κ1) is 19.5. The average Bonchev–Trinajstić information content (AvgIpc) is 3.18. The molecule has 1 saturated heterocycles. The molecule has 3 aromatic rings. The van der Waals surface area contributed by atoms with Crippen LogP contribution in [-0.4, -0.2) is 41.7 Å². The number of rotatable bonds is 2. The van der Waals surface area contributed by atoms with Crippen molar-refractivity contribution in [2.75, 3.05) is 31.6 Å². The lowest BCUT2D eigenvalue weighted by Crippen LogP contribution is -2.42. The van der Waals surface area contributed by atoms with Crippen molar-refractivity contribution in [3.63, 3.8) is 0 Å². The molecule has 31 heavy (non-hydrogen) atoms. The number of phenolic OH excluding ortho intramolecular Hbond substituents is 1. The predicted octanol–water partition coefficient (Wildman–Crippen LogP) is 4.58. The Hall–Kier alpha value is -3.46. The average molecular weight is 415 g/mol. The van der Waals surface area contributed by atoms with Crippen molar-refractivity contribution in [2.24, 2.45) is 0 Å². The van der Waals surface area contributed by atoms with Gasteiger partial charge in [-0.1, -0.05) is 13.0 Å². The maximum atomic E-state index is 10.1. The van der Waals surface area contributed by atoms with Gasteiger partial charge in [0.1, 0.15) is 11.3 Å². The van der Waals surface area contributed by atoms with Gasteiger partial charge in [-0.25, -0.2) is 4.98 Å². The van der Waals surface area contributed by atoms with Crippen LogP contribution < -0.4 is 4.90 Å². The fourth-order valence-electron chi connectivity index (χ4n) is 4.79. The molecule has 2 aliphatic heterocycles. The molecule has 0 atom stereocenters. The summed E-state index contributed by atoms with van der Waals surface area (Å²) in [6.07, 6.45) is 1.76. The zero-order chi connectivity index (χ0) is 21.8. The molecule has 0 saturated carbocycles. The van der Waals surface area contributed by atoms with Gasteiger partial charge in [-0.2, -0.15) is 5.26 Å². The van der Waals surface area contributed by atoms with Crippen LogP contribution >= 0.6 is 0 Å². The molecule has 6 nitrogen and oxygen atoms in total. The summed E-state index contributed by atoms with van der Waals surface area (Å²) >= 11 is 0. The predicted molar refractivity (Wildman–Crippen MR) is 121 cm³/mol. The van der Waals surface area contributed by atoms with E-state index in [1.54, 1.807) is 12.1 Å². The number of hydrogen-bond donors (Lipinski definition) is 1. The maximum absolute atomic E-state index is 10.1. The number of oxazole rings is 1. The van der Waals surface area contributed by atoms with Gasteiger partial charge in [0.15, 0.2) is 5.58 Å². The van der Waals surface area contributed by atoms with E-state index in [2.05, 4.69) is 35.8 Å². The minimum atomic E-state index is -0.149. The van der Waals surface area contributed by atoms with Crippen molar-refractivity contribution in [2.45, 2.75) is 32.1 Å². The van der Waals surface area contributed by atoms with Crippen LogP contribution in [0.25, 0.3) is 16.8 Å². The number of likely N-dealkylation sites (tertiary alicyclic amines) is 1. The Kier molecular flexibility index (Phi) is 4.44. The number of phenols is 1. The first-order chi connectivity index (χ1) is 14.9. The zero-order valence-electron chi connectivity index (χ0n) is 18.1. The van der Waals surface area contributed by atoms with Crippen LogP contribution in [0.4, 0.5) is 5.69 Å². The van der Waals surface area contributed by atoms with Gasteiger partial charge < -0.3 is 19.3 Å². The highest BCUT2D eigenvalue weighted by Gasteiger charge is 2.38. The minimum Gasteiger partial charge on any atom is -0.508 e. The lowest BCUT2D eigenvalue weighted by molar-refractivity contribution is 0.201. The van der Waals surface area contributed by atoms with Gasteiger partial charge in [-0.3, -0.25) is 0 Å². The summed E-state index contributed by atoms with van der Waals surface area (Å²) in [5, 5.41) is 19.9. The van der Waals surface area contributed by atoms with Gasteiger partial charge >= 0.3 is 0 Å². The van der Waals surface area contributed by atoms with Gasteiger partial charge in [0.2, 0.25) is 5.89 Å². The summed E-state index contributed by atoms with van der Waals surface area (Å²) < 4.78 is 6.14. The molecule has 0 amide bonds. The van der Waals surface area contributed by atoms with E-state index in [0.29, 0.717) is 6.54 Å². The lowest BCUT2D eigenvalue weighted by atomic mass is 9.79. The Balaban J connectivity index is 1.45. The second-order valence-corrected chi connectivity index (χ2v) is 9.03. The molecule has 0 bridgehead atoms. The summed E-state index contributed by atoms with van der Waals surface area (Å²) in [4.78, 5) is 9.16. The van der Waals surface area contributed by atoms with Crippen molar-refractivity contribution in [1.29, 1.82) is 5.26 Å². The van der Waals surface area contributed by atoms with E-state index in [1.807, 2.05) is 25.2 Å². The Morgan fingerprint density at radius 1 is 1.16 bits per heavy atom. The number of likely N-dealkylation sites (N-methyl/N-ethyl adjacent to an activating group) is 1. The van der Waals surface area contributed by atoms with Crippen LogP contribution in [0.15, 0.2) is 46.4 Å². The molecule has 1 fully saturated rings. The topological polar surface area (TPSA) is 76.5 Å². The monoisotopic (exact) mass is 414 g/mol. The third-order valence-electron chi connectivity index (χ3n) is 6.71. The molecular formula is C25H26N4O2. The standard InChI is InChI=1S/C25H26N4O2/c1-16-4-7-22-20(12-16)27-24(31-22)25(2)8-10-29(11-9-25)23-17(14-26)15-28(3)21-6-5-18(30)13-19(21)23/h4-7,12-13,30H,8-11,15H2,1-3H3. The number of benzene rings is 2. The third-order valence-corrected chi connectivity index (χ3v) is 6.71. The fraction of sp³-hybridized carbons (Fsp3) is 0.360. The Morgan fingerprint density at radius 3 is 2.68 bits per heavy atom. The summed E-state index contributed by atoms with van der Waals surface area (Å²) in [5.41, 5.74) is 6.41. The molecule has 5 rings (SSSR count). The van der Waals surface area contributed by atoms with Gasteiger partial charge in [-0.05, 0) is 55.7 Å². The lowest BCUT2D eigenvalue weighted by Gasteiger charge is -2.42. The second kappa shape index (κ2) is 7.05. The normalized spacial score (nSPS) is 18.3. The van der Waals surface area contributed by atoms with Crippen LogP contribution in [0.3, 0.4) is 0 Å². The molecule has 1 N–H and O–H groups in total. The highest BCUT2D eigenvalue weighted by molar-refractivity contribution is 5.84. The van der Waals surface area contributed by atoms with Crippen LogP contribution in [0.2, 0.25) is 0 Å². The highest BCUT2D eigenvalue weighted by atomic mass is 16.3. The molecule has 0 radical (unpaired) electrons. The first-order valence-electron chi connectivity index (χ1n) is 10.7. The van der Waals surface area contributed by atoms with Crippen LogP contribution in [0, 0.1) is 18.3 Å². The third kappa shape index (κ3) is 3.21. The van der Waals surface area contributed by atoms with E-state index < -0.39 is 0 Å². The Morgan fingerprint density at radius 2 is 1.94 bits per heavy atom. The molecule has 6 heteroatoms. The number of nitriles is 1. The quantitative estimate of drug-likeness (QED) is 0.661. The number of aromatic hydroxyl groups is 1. The number of piperidine rings is 1. The van der Waals surface area contributed by atoms with Crippen molar-refractivity contribution < 1.29 is 9.52 Å². The molecule has 1 aromatic heterocycles. The van der Waals surface area contributed by atoms with Gasteiger partial charge in [-0.15, -0.1) is 0 Å². The van der Waals surface area contributed by atoms with Crippen molar-refractivity contribution in [1.82, 2.24) is 9.88 Å². The summed E-state index contributed by atoms with van der Waals surface area (Å²) in [6, 6.07) is 13.9. The van der Waals surface area contributed by atoms with E-state index in [-0.39, 0.29) is 11.2 Å². The number of fused-ring (bicyclic) bond motifs is 2. The van der Waals surface area contributed by atoms with Crippen molar-refractivity contribution in [3.05, 3.63) is 59.0 Å². The highest BCUT2D eigenvalue weighted by Crippen LogP contribution is 2.42. The molecule has 0 spiro atoms. The maximum Gasteiger partial charge on any atom is 0.201 e. The minimum absolute atomic E-state index is 0.149. The first-order valence-corrected chi connectivity index (χ1v) is 10.7. The Bertz CT molecular complexity index is 1240. The molecule has 3 heterocycles. The molecule has 0 unspecified atom stereocenters. The number of nitrogens with zero attached hydrogens (tertiary/aromatic N) is 4. The number of aryl methyl sites for hydroxylation is 1. The van der Waals surface area contributed by atoms with Gasteiger partial charge in [0.25, 0.3) is 0 Å². The van der Waals surface area contributed by atoms with E-state index in [4.69, 9.17) is 9.40 Å². The van der Waals surface area contributed by atoms with Gasteiger partial charge in [0, 0.05) is 36.8 Å². The van der Waals surface area contributed by atoms with E-state index in [0.717, 1.165) is 65.4 Å². The smallest absolute Gasteiger partial charge is 0.201 e. The van der Waals surface area contributed by atoms with Crippen LogP contribution in [-0.2, 0) is 5.41 Å². The molecule has 2 aromatic carbocycles. The SMILES string of the molecule is Cc1ccc2oc(C3(C)CCN(C4=C(C#N)CN(C)c5ccc(O)cc54)CC3)nc2c1. The zero-order valence-corrected chi connectivity index (χ0v) is 18.1. The largest absolute Gasteiger partial charge is 0.508 e. The fourth-order valence-corrected chi connectivity index (χ4v) is 4.79. The van der Waals surface area contributed by atoms with Crippen LogP contribution in [0.1, 0.15) is 36.8 Å². The molecule has 0 aliphatic carbocycles. The summed E-state index contributed by atoms with van der Waals surface area (Å²) in [7, 11) is 1.98. The van der Waals surface area contributed by atoms with Crippen molar-refractivity contribution >= 4 is 22.5 Å². The van der Waals surface area contributed by atoms with Crippen LogP contribution in [0.5, 0.6) is 5.75 Å². The number of hydrogen-bond acceptors (Lipinski definition) is 6.